The number of carbonyl (C=O) groups is 2. The Kier molecular flexibility index (Phi) is 7.29. The second-order valence-electron chi connectivity index (χ2n) is 7.59. The van der Waals surface area contributed by atoms with Crippen molar-refractivity contribution in [3.05, 3.63) is 106 Å². The first kappa shape index (κ1) is 22.6. The summed E-state index contributed by atoms with van der Waals surface area (Å²) in [5.74, 6) is -0.701. The summed E-state index contributed by atoms with van der Waals surface area (Å²) >= 11 is 0. The van der Waals surface area contributed by atoms with Gasteiger partial charge in [-0.1, -0.05) is 59.7 Å². The van der Waals surface area contributed by atoms with E-state index in [2.05, 4.69) is 21.1 Å². The summed E-state index contributed by atoms with van der Waals surface area (Å²) in [5, 5.41) is 8.32. The first-order chi connectivity index (χ1) is 15.3. The van der Waals surface area contributed by atoms with Crippen LogP contribution in [0.2, 0.25) is 0 Å². The van der Waals surface area contributed by atoms with E-state index in [-0.39, 0.29) is 11.8 Å². The van der Waals surface area contributed by atoms with Crippen LogP contribution in [-0.2, 0) is 0 Å². The molecule has 6 heteroatoms. The van der Waals surface area contributed by atoms with Gasteiger partial charge in [0.15, 0.2) is 0 Å². The second-order valence-corrected chi connectivity index (χ2v) is 7.59. The van der Waals surface area contributed by atoms with Crippen LogP contribution in [0.3, 0.4) is 0 Å². The summed E-state index contributed by atoms with van der Waals surface area (Å²) in [6, 6.07) is 22.1. The van der Waals surface area contributed by atoms with Crippen LogP contribution in [0.5, 0.6) is 0 Å². The topological polar surface area (TPSA) is 82.9 Å². The highest BCUT2D eigenvalue weighted by molar-refractivity contribution is 6.02. The number of hydrogen-bond acceptors (Lipinski definition) is 4. The van der Waals surface area contributed by atoms with Gasteiger partial charge in [0.1, 0.15) is 0 Å². The molecule has 6 nitrogen and oxygen atoms in total. The zero-order valence-electron chi connectivity index (χ0n) is 18.6. The summed E-state index contributed by atoms with van der Waals surface area (Å²) in [4.78, 5) is 24.7. The molecule has 0 bridgehead atoms. The van der Waals surface area contributed by atoms with E-state index in [0.717, 1.165) is 22.3 Å². The summed E-state index contributed by atoms with van der Waals surface area (Å²) in [6.07, 6.45) is 0. The summed E-state index contributed by atoms with van der Waals surface area (Å²) in [7, 11) is 0. The number of benzene rings is 3. The maximum atomic E-state index is 12.4. The van der Waals surface area contributed by atoms with Crippen LogP contribution >= 0.6 is 0 Å². The minimum absolute atomic E-state index is 0.350. The maximum absolute atomic E-state index is 12.4. The first-order valence-electron chi connectivity index (χ1n) is 10.3. The van der Waals surface area contributed by atoms with E-state index < -0.39 is 0 Å². The van der Waals surface area contributed by atoms with Gasteiger partial charge in [0, 0.05) is 11.1 Å². The lowest BCUT2D eigenvalue weighted by Crippen LogP contribution is -2.21. The van der Waals surface area contributed by atoms with Gasteiger partial charge in [-0.15, -0.1) is 0 Å². The molecule has 0 saturated carbocycles. The summed E-state index contributed by atoms with van der Waals surface area (Å²) < 4.78 is 0. The van der Waals surface area contributed by atoms with E-state index in [9.17, 15) is 9.59 Å². The standard InChI is InChI=1S/C26H26N4O2/c1-17-5-9-21(10-6-17)19(3)27-29-25(31)23-13-15-24(16-14-23)26(32)30-28-20(4)22-11-7-18(2)8-12-22/h5-16H,1-4H3,(H,29,31)(H,30,32). The van der Waals surface area contributed by atoms with Crippen molar-refractivity contribution in [3.63, 3.8) is 0 Å². The third kappa shape index (κ3) is 5.98. The van der Waals surface area contributed by atoms with E-state index in [0.29, 0.717) is 22.6 Å². The van der Waals surface area contributed by atoms with Crippen molar-refractivity contribution in [3.8, 4) is 0 Å². The quantitative estimate of drug-likeness (QED) is 0.446. The Bertz CT molecular complexity index is 1070. The number of carbonyl (C=O) groups excluding carboxylic acids is 2. The Morgan fingerprint density at radius 1 is 0.531 bits per heavy atom. The molecule has 0 saturated heterocycles. The molecule has 0 spiro atoms. The van der Waals surface area contributed by atoms with Gasteiger partial charge in [0.25, 0.3) is 11.8 Å². The number of amides is 2. The molecule has 2 amide bonds. The molecule has 32 heavy (non-hydrogen) atoms. The Labute approximate surface area is 188 Å². The average molecular weight is 427 g/mol. The van der Waals surface area contributed by atoms with Gasteiger partial charge in [-0.05, 0) is 63.1 Å². The molecule has 3 aromatic rings. The van der Waals surface area contributed by atoms with E-state index in [1.165, 1.54) is 0 Å². The van der Waals surface area contributed by atoms with Gasteiger partial charge in [-0.2, -0.15) is 10.2 Å². The zero-order valence-corrected chi connectivity index (χ0v) is 18.6. The van der Waals surface area contributed by atoms with Crippen molar-refractivity contribution in [2.45, 2.75) is 27.7 Å². The molecule has 0 unspecified atom stereocenters. The first-order valence-corrected chi connectivity index (χ1v) is 10.3. The highest BCUT2D eigenvalue weighted by Crippen LogP contribution is 2.08. The Balaban J connectivity index is 1.59. The second kappa shape index (κ2) is 10.3. The molecule has 0 fully saturated rings. The van der Waals surface area contributed by atoms with Gasteiger partial charge in [0.05, 0.1) is 11.4 Å². The zero-order chi connectivity index (χ0) is 23.1. The number of rotatable bonds is 6. The third-order valence-electron chi connectivity index (χ3n) is 5.00. The summed E-state index contributed by atoms with van der Waals surface area (Å²) in [6.45, 7) is 7.69. The predicted octanol–water partition coefficient (Wildman–Crippen LogP) is 4.61. The fraction of sp³-hybridized carbons (Fsp3) is 0.154. The average Bonchev–Trinajstić information content (AvgIpc) is 2.81. The predicted molar refractivity (Wildman–Crippen MR) is 128 cm³/mol. The van der Waals surface area contributed by atoms with Crippen LogP contribution in [-0.4, -0.2) is 23.2 Å². The smallest absolute Gasteiger partial charge is 0.267 e. The normalized spacial score (nSPS) is 11.8. The van der Waals surface area contributed by atoms with Gasteiger partial charge in [-0.25, -0.2) is 10.9 Å². The van der Waals surface area contributed by atoms with Gasteiger partial charge in [0.2, 0.25) is 0 Å². The van der Waals surface area contributed by atoms with E-state index >= 15 is 0 Å². The number of nitrogens with zero attached hydrogens (tertiary/aromatic N) is 2. The molecule has 3 rings (SSSR count). The molecular formula is C26H26N4O2. The van der Waals surface area contributed by atoms with Crippen molar-refractivity contribution in [1.29, 1.82) is 0 Å². The van der Waals surface area contributed by atoms with E-state index in [4.69, 9.17) is 0 Å². The van der Waals surface area contributed by atoms with Crippen molar-refractivity contribution in [1.82, 2.24) is 10.9 Å². The van der Waals surface area contributed by atoms with Gasteiger partial charge in [-0.3, -0.25) is 9.59 Å². The SMILES string of the molecule is CC(=NNC(=O)c1ccc(C(=O)NN=C(C)c2ccc(C)cc2)cc1)c1ccc(C)cc1. The fourth-order valence-electron chi connectivity index (χ4n) is 2.89. The van der Waals surface area contributed by atoms with Crippen LogP contribution in [0.1, 0.15) is 56.8 Å². The summed E-state index contributed by atoms with van der Waals surface area (Å²) in [5.41, 5.74) is 11.5. The lowest BCUT2D eigenvalue weighted by Gasteiger charge is -2.06. The number of nitrogens with one attached hydrogen (secondary N) is 2. The highest BCUT2D eigenvalue weighted by atomic mass is 16.2. The van der Waals surface area contributed by atoms with E-state index in [1.54, 1.807) is 24.3 Å². The maximum Gasteiger partial charge on any atom is 0.271 e. The van der Waals surface area contributed by atoms with Crippen LogP contribution in [0.15, 0.2) is 83.0 Å². The van der Waals surface area contributed by atoms with Crippen molar-refractivity contribution in [2.75, 3.05) is 0 Å². The van der Waals surface area contributed by atoms with Crippen molar-refractivity contribution < 1.29 is 9.59 Å². The fourth-order valence-corrected chi connectivity index (χ4v) is 2.89. The minimum atomic E-state index is -0.350. The molecule has 0 radical (unpaired) electrons. The molecule has 0 aliphatic rings. The van der Waals surface area contributed by atoms with Crippen LogP contribution in [0, 0.1) is 13.8 Å². The van der Waals surface area contributed by atoms with Crippen molar-refractivity contribution >= 4 is 23.2 Å². The number of aryl methyl sites for hydroxylation is 2. The van der Waals surface area contributed by atoms with Crippen LogP contribution < -0.4 is 10.9 Å². The van der Waals surface area contributed by atoms with Gasteiger partial charge < -0.3 is 0 Å². The molecule has 0 aromatic heterocycles. The molecule has 0 heterocycles. The minimum Gasteiger partial charge on any atom is -0.267 e. The Morgan fingerprint density at radius 2 is 0.812 bits per heavy atom. The molecule has 2 N–H and O–H groups in total. The van der Waals surface area contributed by atoms with Crippen LogP contribution in [0.25, 0.3) is 0 Å². The number of hydrogen-bond donors (Lipinski definition) is 2. The highest BCUT2D eigenvalue weighted by Gasteiger charge is 2.09. The molecule has 3 aromatic carbocycles. The lowest BCUT2D eigenvalue weighted by molar-refractivity contribution is 0.0943. The number of hydrazone groups is 2. The largest absolute Gasteiger partial charge is 0.271 e. The van der Waals surface area contributed by atoms with E-state index in [1.807, 2.05) is 76.2 Å². The van der Waals surface area contributed by atoms with Crippen molar-refractivity contribution in [2.24, 2.45) is 10.2 Å². The molecule has 0 aliphatic carbocycles. The lowest BCUT2D eigenvalue weighted by atomic mass is 10.1. The molecule has 0 atom stereocenters. The van der Waals surface area contributed by atoms with Gasteiger partial charge >= 0.3 is 0 Å². The molecule has 162 valence electrons. The third-order valence-corrected chi connectivity index (χ3v) is 5.00. The Hall–Kier alpha value is -4.06. The monoisotopic (exact) mass is 426 g/mol. The van der Waals surface area contributed by atoms with Crippen LogP contribution in [0.4, 0.5) is 0 Å². The molecular weight excluding hydrogens is 400 g/mol. The Morgan fingerprint density at radius 3 is 1.12 bits per heavy atom. The molecule has 0 aliphatic heterocycles.